The average Bonchev–Trinajstić information content (AvgIpc) is 3.10. The fourth-order valence-electron chi connectivity index (χ4n) is 6.05. The average molecular weight is 752 g/mol. The highest BCUT2D eigenvalue weighted by molar-refractivity contribution is 5.98. The van der Waals surface area contributed by atoms with Gasteiger partial charge >= 0.3 is 17.8 Å². The molecule has 1 amide bonds. The first-order valence-electron chi connectivity index (χ1n) is 16.7. The molecule has 53 heavy (non-hydrogen) atoms. The van der Waals surface area contributed by atoms with Gasteiger partial charge in [-0.2, -0.15) is 13.2 Å². The second-order valence-electron chi connectivity index (χ2n) is 12.1. The van der Waals surface area contributed by atoms with Gasteiger partial charge in [0.15, 0.2) is 0 Å². The number of anilines is 1. The van der Waals surface area contributed by atoms with Crippen LogP contribution in [0.5, 0.6) is 0 Å². The van der Waals surface area contributed by atoms with E-state index in [0.717, 1.165) is 22.8 Å². The highest BCUT2D eigenvalue weighted by atomic mass is 19.4. The molecule has 17 heteroatoms. The number of nitrogens with one attached hydrogen (secondary N) is 1. The van der Waals surface area contributed by atoms with Crippen LogP contribution < -0.4 is 21.5 Å². The Morgan fingerprint density at radius 1 is 1.09 bits per heavy atom. The van der Waals surface area contributed by atoms with Crippen LogP contribution in [0.4, 0.5) is 32.0 Å². The fraction of sp³-hybridized carbons (Fsp3) is 0.417. The molecule has 0 aliphatic carbocycles. The number of nitrogens with zero attached hydrogens (tertiary/aromatic N) is 4. The number of fused-ring (bicyclic) bond motifs is 1. The molecule has 0 unspecified atom stereocenters. The van der Waals surface area contributed by atoms with Gasteiger partial charge in [0.25, 0.3) is 17.4 Å². The van der Waals surface area contributed by atoms with Crippen molar-refractivity contribution in [3.8, 4) is 5.69 Å². The molecule has 1 aliphatic heterocycles. The van der Waals surface area contributed by atoms with Crippen LogP contribution in [0.3, 0.4) is 0 Å². The van der Waals surface area contributed by atoms with Gasteiger partial charge in [0, 0.05) is 38.8 Å². The van der Waals surface area contributed by atoms with Crippen molar-refractivity contribution in [2.24, 2.45) is 7.05 Å². The summed E-state index contributed by atoms with van der Waals surface area (Å²) in [6.07, 6.45) is -3.17. The number of benzene rings is 2. The van der Waals surface area contributed by atoms with E-state index in [1.807, 2.05) is 13.8 Å². The van der Waals surface area contributed by atoms with Crippen LogP contribution in [-0.2, 0) is 33.9 Å². The van der Waals surface area contributed by atoms with Crippen molar-refractivity contribution >= 4 is 28.5 Å². The zero-order valence-electron chi connectivity index (χ0n) is 29.8. The van der Waals surface area contributed by atoms with Gasteiger partial charge < -0.3 is 19.7 Å². The molecule has 1 aliphatic rings. The van der Waals surface area contributed by atoms with Gasteiger partial charge in [0.05, 0.1) is 53.7 Å². The summed E-state index contributed by atoms with van der Waals surface area (Å²) in [6, 6.07) is 3.19. The second kappa shape index (κ2) is 16.2. The number of amides is 1. The van der Waals surface area contributed by atoms with E-state index < -0.39 is 76.4 Å². The molecule has 2 atom stereocenters. The molecule has 286 valence electrons. The summed E-state index contributed by atoms with van der Waals surface area (Å²) in [5, 5.41) is 2.27. The molecule has 0 spiro atoms. The topological polar surface area (TPSA) is 125 Å². The monoisotopic (exact) mass is 751 g/mol. The molecule has 1 saturated heterocycles. The Morgan fingerprint density at radius 2 is 1.79 bits per heavy atom. The lowest BCUT2D eigenvalue weighted by molar-refractivity contribution is -0.145. The number of aryl methyl sites for hydroxylation is 2. The van der Waals surface area contributed by atoms with Crippen molar-refractivity contribution in [2.75, 3.05) is 31.3 Å². The Labute approximate surface area is 300 Å². The minimum atomic E-state index is -5.09. The normalized spacial score (nSPS) is 15.4. The number of carbonyl (C=O) groups excluding carboxylic acids is 2. The van der Waals surface area contributed by atoms with Gasteiger partial charge in [-0.25, -0.2) is 27.3 Å². The molecule has 2 aromatic carbocycles. The Morgan fingerprint density at radius 3 is 2.42 bits per heavy atom. The molecule has 0 bridgehead atoms. The summed E-state index contributed by atoms with van der Waals surface area (Å²) < 4.78 is 99.2. The third-order valence-electron chi connectivity index (χ3n) is 8.54. The number of halogens is 6. The third-order valence-corrected chi connectivity index (χ3v) is 8.54. The highest BCUT2D eigenvalue weighted by Crippen LogP contribution is 2.35. The molecule has 5 rings (SSSR count). The number of alkyl halides is 5. The van der Waals surface area contributed by atoms with Gasteiger partial charge in [-0.3, -0.25) is 19.1 Å². The van der Waals surface area contributed by atoms with Crippen LogP contribution >= 0.6 is 0 Å². The number of ether oxygens (including phenoxy) is 2. The summed E-state index contributed by atoms with van der Waals surface area (Å²) in [4.78, 5) is 57.9. The van der Waals surface area contributed by atoms with Crippen molar-refractivity contribution in [1.29, 1.82) is 0 Å². The maximum atomic E-state index is 15.5. The minimum Gasteiger partial charge on any atom is -0.464 e. The predicted octanol–water partition coefficient (Wildman–Crippen LogP) is 5.34. The van der Waals surface area contributed by atoms with Gasteiger partial charge in [0.1, 0.15) is 17.9 Å². The van der Waals surface area contributed by atoms with E-state index in [-0.39, 0.29) is 54.1 Å². The van der Waals surface area contributed by atoms with E-state index in [9.17, 15) is 41.1 Å². The van der Waals surface area contributed by atoms with E-state index in [4.69, 9.17) is 9.47 Å². The summed E-state index contributed by atoms with van der Waals surface area (Å²) in [5.41, 5.74) is -4.66. The molecule has 4 aromatic rings. The number of rotatable bonds is 9. The van der Waals surface area contributed by atoms with E-state index in [0.29, 0.717) is 17.6 Å². The van der Waals surface area contributed by atoms with Crippen LogP contribution in [0.15, 0.2) is 58.4 Å². The number of pyridine rings is 1. The molecular weight excluding hydrogens is 712 g/mol. The predicted molar refractivity (Wildman–Crippen MR) is 184 cm³/mol. The summed E-state index contributed by atoms with van der Waals surface area (Å²) in [6.45, 7) is 7.22. The van der Waals surface area contributed by atoms with Crippen molar-refractivity contribution in [2.45, 2.75) is 65.2 Å². The smallest absolute Gasteiger partial charge is 0.418 e. The van der Waals surface area contributed by atoms with Crippen molar-refractivity contribution < 1.29 is 45.4 Å². The fourth-order valence-corrected chi connectivity index (χ4v) is 6.05. The lowest BCUT2D eigenvalue weighted by Gasteiger charge is -2.40. The number of carbonyl (C=O) groups is 2. The molecule has 0 radical (unpaired) electrons. The lowest BCUT2D eigenvalue weighted by Crippen LogP contribution is -2.54. The quantitative estimate of drug-likeness (QED) is 0.180. The third kappa shape index (κ3) is 8.56. The Kier molecular flexibility index (Phi) is 12.4. The van der Waals surface area contributed by atoms with Gasteiger partial charge in [0.2, 0.25) is 0 Å². The molecule has 1 N–H and O–H groups in total. The number of aromatic nitrogens is 3. The minimum absolute atomic E-state index is 0.0315. The molecular formula is C36H39F6N5O6. The van der Waals surface area contributed by atoms with E-state index in [1.165, 1.54) is 50.3 Å². The molecule has 0 saturated carbocycles. The van der Waals surface area contributed by atoms with Crippen LogP contribution in [-0.4, -0.2) is 70.4 Å². The van der Waals surface area contributed by atoms with Crippen molar-refractivity contribution in [1.82, 2.24) is 19.4 Å². The largest absolute Gasteiger partial charge is 0.464 e. The van der Waals surface area contributed by atoms with Crippen molar-refractivity contribution in [3.05, 3.63) is 97.7 Å². The first-order valence-corrected chi connectivity index (χ1v) is 16.7. The summed E-state index contributed by atoms with van der Waals surface area (Å²) in [7, 11) is 1.28. The maximum absolute atomic E-state index is 15.5. The maximum Gasteiger partial charge on any atom is 0.418 e. The Hall–Kier alpha value is -5.19. The van der Waals surface area contributed by atoms with E-state index in [1.54, 1.807) is 0 Å². The number of morpholine rings is 1. The first-order chi connectivity index (χ1) is 24.9. The first kappa shape index (κ1) is 40.6. The summed E-state index contributed by atoms with van der Waals surface area (Å²) in [5.74, 6) is -6.43. The molecule has 3 heterocycles. The SMILES string of the molecule is CC.CCOC(=O)[C@H](Cc1ccc(-n2c(=O)c3ccncc3n(C)c2=O)c(C(F)(F)F)c1)NC(=O)c1c(C)cc(N2CCOC[C@@H]2C(C)(F)F)cc1F. The Balaban J connectivity index is 0.00000308. The zero-order valence-corrected chi connectivity index (χ0v) is 29.8. The second-order valence-corrected chi connectivity index (χ2v) is 12.1. The van der Waals surface area contributed by atoms with Crippen LogP contribution in [0.2, 0.25) is 0 Å². The van der Waals surface area contributed by atoms with Gasteiger partial charge in [-0.1, -0.05) is 19.9 Å². The van der Waals surface area contributed by atoms with Crippen LogP contribution in [0, 0.1) is 12.7 Å². The lowest BCUT2D eigenvalue weighted by atomic mass is 10.00. The van der Waals surface area contributed by atoms with E-state index >= 15 is 4.39 Å². The Bertz CT molecular complexity index is 2090. The number of hydrogen-bond acceptors (Lipinski definition) is 8. The number of esters is 1. The summed E-state index contributed by atoms with van der Waals surface area (Å²) >= 11 is 0. The zero-order chi connectivity index (χ0) is 39.4. The molecule has 1 fully saturated rings. The van der Waals surface area contributed by atoms with Crippen LogP contribution in [0.1, 0.15) is 54.7 Å². The molecule has 2 aromatic heterocycles. The highest BCUT2D eigenvalue weighted by Gasteiger charge is 2.41. The standard InChI is InChI=1S/C34H33F6N5O6.C2H6/c1-5-51-31(48)24(42-29(46)28-18(2)12-20(15-23(28)35)44-10-11-50-17-27(44)33(3,36)37)14-19-6-7-25(22(13-19)34(38,39)40)45-30(47)21-8-9-41-16-26(21)43(4)32(45)49;1-2/h6-9,12-13,15-16,24,27H,5,10-11,14,17H2,1-4H3,(H,42,46);1-2H3/t24-,27+;/m0./s1. The van der Waals surface area contributed by atoms with E-state index in [2.05, 4.69) is 10.3 Å². The van der Waals surface area contributed by atoms with Crippen LogP contribution in [0.25, 0.3) is 16.6 Å². The van der Waals surface area contributed by atoms with Gasteiger partial charge in [-0.05, 0) is 55.3 Å². The number of hydrogen-bond donors (Lipinski definition) is 1. The molecule has 11 nitrogen and oxygen atoms in total. The van der Waals surface area contributed by atoms with Gasteiger partial charge in [-0.15, -0.1) is 0 Å². The van der Waals surface area contributed by atoms with Crippen molar-refractivity contribution in [3.63, 3.8) is 0 Å².